The van der Waals surface area contributed by atoms with Gasteiger partial charge in [-0.3, -0.25) is 9.59 Å². The topological polar surface area (TPSA) is 59.1 Å². The third-order valence-electron chi connectivity index (χ3n) is 6.75. The maximum atomic E-state index is 13.9. The number of hydrogen-bond donors (Lipinski definition) is 0. The van der Waals surface area contributed by atoms with Gasteiger partial charge in [-0.1, -0.05) is 18.2 Å². The van der Waals surface area contributed by atoms with Crippen LogP contribution in [-0.2, 0) is 25.5 Å². The number of carbonyl (C=O) groups is 2. The van der Waals surface area contributed by atoms with E-state index >= 15 is 0 Å². The van der Waals surface area contributed by atoms with Crippen LogP contribution in [0.5, 0.6) is 0 Å². The number of piperidine rings is 1. The molecule has 4 rings (SSSR count). The zero-order chi connectivity index (χ0) is 21.0. The summed E-state index contributed by atoms with van der Waals surface area (Å²) in [5.41, 5.74) is 0.210. The highest BCUT2D eigenvalue weighted by Gasteiger charge is 2.41. The molecule has 0 bridgehead atoms. The molecule has 2 amide bonds. The van der Waals surface area contributed by atoms with Gasteiger partial charge >= 0.3 is 0 Å². The highest BCUT2D eigenvalue weighted by Crippen LogP contribution is 2.39. The fourth-order valence-electron chi connectivity index (χ4n) is 4.92. The Labute approximate surface area is 177 Å². The van der Waals surface area contributed by atoms with E-state index < -0.39 is 0 Å². The van der Waals surface area contributed by atoms with Gasteiger partial charge in [0.15, 0.2) is 0 Å². The zero-order valence-electron chi connectivity index (χ0n) is 17.5. The van der Waals surface area contributed by atoms with E-state index in [1.807, 2.05) is 9.80 Å². The molecule has 1 aromatic rings. The standard InChI is InChI=1S/C23H31FN2O4/c24-20-4-2-1-3-19(20)16-22(28)25-8-6-23(7-9-25)17-18(5-12-30-23)15-21(27)26-10-13-29-14-11-26/h1-4,18H,5-17H2. The fraction of sp³-hybridized carbons (Fsp3) is 0.652. The number of carbonyl (C=O) groups excluding carboxylic acids is 2. The second-order valence-corrected chi connectivity index (χ2v) is 8.74. The molecule has 164 valence electrons. The van der Waals surface area contributed by atoms with E-state index in [2.05, 4.69) is 0 Å². The van der Waals surface area contributed by atoms with E-state index in [1.165, 1.54) is 6.07 Å². The van der Waals surface area contributed by atoms with Crippen molar-refractivity contribution in [2.75, 3.05) is 46.0 Å². The number of amides is 2. The molecule has 0 saturated carbocycles. The minimum atomic E-state index is -0.331. The van der Waals surface area contributed by atoms with E-state index in [9.17, 15) is 14.0 Å². The Kier molecular flexibility index (Phi) is 6.68. The number of halogens is 1. The molecule has 1 unspecified atom stereocenters. The Morgan fingerprint density at radius 3 is 2.43 bits per heavy atom. The van der Waals surface area contributed by atoms with Crippen LogP contribution >= 0.6 is 0 Å². The smallest absolute Gasteiger partial charge is 0.227 e. The molecule has 6 nitrogen and oxygen atoms in total. The van der Waals surface area contributed by atoms with Crippen LogP contribution < -0.4 is 0 Å². The number of nitrogens with zero attached hydrogens (tertiary/aromatic N) is 2. The first-order valence-electron chi connectivity index (χ1n) is 11.1. The first kappa shape index (κ1) is 21.2. The number of benzene rings is 1. The van der Waals surface area contributed by atoms with Gasteiger partial charge in [0.05, 0.1) is 25.2 Å². The average Bonchev–Trinajstić information content (AvgIpc) is 2.76. The molecule has 3 fully saturated rings. The van der Waals surface area contributed by atoms with Crippen LogP contribution in [0.15, 0.2) is 24.3 Å². The molecule has 30 heavy (non-hydrogen) atoms. The van der Waals surface area contributed by atoms with Crippen molar-refractivity contribution in [2.24, 2.45) is 5.92 Å². The van der Waals surface area contributed by atoms with Gasteiger partial charge in [0.2, 0.25) is 11.8 Å². The first-order chi connectivity index (χ1) is 14.5. The number of ether oxygens (including phenoxy) is 2. The van der Waals surface area contributed by atoms with Gasteiger partial charge in [-0.05, 0) is 43.2 Å². The summed E-state index contributed by atoms with van der Waals surface area (Å²) in [6.07, 6.45) is 4.00. The first-order valence-corrected chi connectivity index (χ1v) is 11.1. The average molecular weight is 419 g/mol. The number of morpholine rings is 1. The van der Waals surface area contributed by atoms with Crippen LogP contribution in [0.1, 0.15) is 37.7 Å². The van der Waals surface area contributed by atoms with Crippen LogP contribution in [0.25, 0.3) is 0 Å². The van der Waals surface area contributed by atoms with E-state index in [4.69, 9.17) is 9.47 Å². The molecule has 3 saturated heterocycles. The summed E-state index contributed by atoms with van der Waals surface area (Å²) in [5.74, 6) is 0.181. The van der Waals surface area contributed by atoms with Crippen molar-refractivity contribution in [1.29, 1.82) is 0 Å². The molecule has 3 aliphatic heterocycles. The lowest BCUT2D eigenvalue weighted by atomic mass is 9.78. The van der Waals surface area contributed by atoms with Crippen LogP contribution in [0, 0.1) is 11.7 Å². The second kappa shape index (κ2) is 9.43. The molecule has 0 radical (unpaired) electrons. The van der Waals surface area contributed by atoms with Gasteiger partial charge in [0, 0.05) is 39.2 Å². The number of hydrogen-bond acceptors (Lipinski definition) is 4. The van der Waals surface area contributed by atoms with Crippen LogP contribution in [-0.4, -0.2) is 73.2 Å². The lowest BCUT2D eigenvalue weighted by molar-refractivity contribution is -0.150. The number of rotatable bonds is 4. The van der Waals surface area contributed by atoms with Crippen molar-refractivity contribution >= 4 is 11.8 Å². The van der Waals surface area contributed by atoms with Crippen molar-refractivity contribution < 1.29 is 23.5 Å². The van der Waals surface area contributed by atoms with Crippen molar-refractivity contribution in [2.45, 2.75) is 44.1 Å². The van der Waals surface area contributed by atoms with Crippen molar-refractivity contribution in [1.82, 2.24) is 9.80 Å². The molecule has 7 heteroatoms. The maximum absolute atomic E-state index is 13.9. The SMILES string of the molecule is O=C(Cc1ccccc1F)N1CCC2(CC1)CC(CC(=O)N1CCOCC1)CCO2. The zero-order valence-corrected chi connectivity index (χ0v) is 17.5. The highest BCUT2D eigenvalue weighted by atomic mass is 19.1. The van der Waals surface area contributed by atoms with Crippen molar-refractivity contribution in [3.8, 4) is 0 Å². The summed E-state index contributed by atoms with van der Waals surface area (Å²) in [5, 5.41) is 0. The van der Waals surface area contributed by atoms with Crippen LogP contribution in [0.4, 0.5) is 4.39 Å². The van der Waals surface area contributed by atoms with Gasteiger partial charge < -0.3 is 19.3 Å². The van der Waals surface area contributed by atoms with Gasteiger partial charge in [-0.2, -0.15) is 0 Å². The van der Waals surface area contributed by atoms with Crippen LogP contribution in [0.2, 0.25) is 0 Å². The summed E-state index contributed by atoms with van der Waals surface area (Å²) in [7, 11) is 0. The highest BCUT2D eigenvalue weighted by molar-refractivity contribution is 5.79. The van der Waals surface area contributed by atoms with E-state index in [-0.39, 0.29) is 29.7 Å². The molecule has 1 aromatic carbocycles. The summed E-state index contributed by atoms with van der Waals surface area (Å²) in [6, 6.07) is 6.45. The molecular weight excluding hydrogens is 387 g/mol. The summed E-state index contributed by atoms with van der Waals surface area (Å²) in [6.45, 7) is 4.54. The monoisotopic (exact) mass is 418 g/mol. The van der Waals surface area contributed by atoms with E-state index in [0.717, 1.165) is 25.7 Å². The van der Waals surface area contributed by atoms with Gasteiger partial charge in [0.25, 0.3) is 0 Å². The predicted molar refractivity (Wildman–Crippen MR) is 109 cm³/mol. The quantitative estimate of drug-likeness (QED) is 0.754. The number of likely N-dealkylation sites (tertiary alicyclic amines) is 1. The predicted octanol–water partition coefficient (Wildman–Crippen LogP) is 2.40. The molecule has 1 spiro atoms. The maximum Gasteiger partial charge on any atom is 0.227 e. The molecule has 1 atom stereocenters. The molecular formula is C23H31FN2O4. The Morgan fingerprint density at radius 1 is 1.00 bits per heavy atom. The van der Waals surface area contributed by atoms with Crippen molar-refractivity contribution in [3.05, 3.63) is 35.6 Å². The Balaban J connectivity index is 1.28. The molecule has 3 aliphatic rings. The van der Waals surface area contributed by atoms with Gasteiger partial charge in [0.1, 0.15) is 5.82 Å². The summed E-state index contributed by atoms with van der Waals surface area (Å²) >= 11 is 0. The molecule has 0 aliphatic carbocycles. The third kappa shape index (κ3) is 5.01. The molecule has 0 aromatic heterocycles. The fourth-order valence-corrected chi connectivity index (χ4v) is 4.92. The molecule has 3 heterocycles. The molecule has 0 N–H and O–H groups in total. The third-order valence-corrected chi connectivity index (χ3v) is 6.75. The second-order valence-electron chi connectivity index (χ2n) is 8.74. The van der Waals surface area contributed by atoms with E-state index in [0.29, 0.717) is 63.9 Å². The normalized spacial score (nSPS) is 24.1. The Hall–Kier alpha value is -1.99. The minimum absolute atomic E-state index is 0.0372. The largest absolute Gasteiger partial charge is 0.378 e. The summed E-state index contributed by atoms with van der Waals surface area (Å²) in [4.78, 5) is 29.0. The van der Waals surface area contributed by atoms with E-state index in [1.54, 1.807) is 18.2 Å². The van der Waals surface area contributed by atoms with Crippen molar-refractivity contribution in [3.63, 3.8) is 0 Å². The van der Waals surface area contributed by atoms with Gasteiger partial charge in [-0.15, -0.1) is 0 Å². The Morgan fingerprint density at radius 2 is 1.70 bits per heavy atom. The Bertz CT molecular complexity index is 757. The van der Waals surface area contributed by atoms with Crippen LogP contribution in [0.3, 0.4) is 0 Å². The minimum Gasteiger partial charge on any atom is -0.378 e. The summed E-state index contributed by atoms with van der Waals surface area (Å²) < 4.78 is 25.4. The lowest BCUT2D eigenvalue weighted by Crippen LogP contribution is -2.51. The van der Waals surface area contributed by atoms with Gasteiger partial charge in [-0.25, -0.2) is 4.39 Å². The lowest BCUT2D eigenvalue weighted by Gasteiger charge is -2.46.